The highest BCUT2D eigenvalue weighted by Crippen LogP contribution is 2.33. The van der Waals surface area contributed by atoms with E-state index in [1.807, 2.05) is 13.2 Å². The fourth-order valence-corrected chi connectivity index (χ4v) is 6.33. The molecule has 3 aromatic rings. The number of unbranched alkanes of at least 4 members (excludes halogenated alkanes) is 1. The van der Waals surface area contributed by atoms with E-state index in [1.54, 1.807) is 74.5 Å². The van der Waals surface area contributed by atoms with Crippen molar-refractivity contribution in [2.75, 3.05) is 30.3 Å². The van der Waals surface area contributed by atoms with Crippen LogP contribution in [-0.4, -0.2) is 57.1 Å². The van der Waals surface area contributed by atoms with Crippen molar-refractivity contribution >= 4 is 50.9 Å². The second kappa shape index (κ2) is 15.9. The number of anilines is 1. The smallest absolute Gasteiger partial charge is 0.264 e. The Morgan fingerprint density at radius 2 is 1.74 bits per heavy atom. The van der Waals surface area contributed by atoms with Gasteiger partial charge in [-0.15, -0.1) is 11.8 Å². The molecular weight excluding hydrogens is 594 g/mol. The number of halogens is 1. The highest BCUT2D eigenvalue weighted by atomic mass is 35.5. The molecule has 0 spiro atoms. The molecule has 42 heavy (non-hydrogen) atoms. The SMILES string of the molecule is CCCCNC(=O)C(C)N(Cc1cccc(Cl)c1)C(=O)CN(c1ccccc1OCC)S(=O)(=O)c1ccc(SC)cc1. The average molecular weight is 632 g/mol. The second-order valence-electron chi connectivity index (χ2n) is 9.56. The standard InChI is InChI=1S/C31H38ClN3O5S2/c1-5-7-19-33-31(37)23(3)34(21-24-11-10-12-25(32)20-24)30(36)22-35(28-13-8-9-14-29(28)40-6-2)42(38,39)27-17-15-26(41-4)16-18-27/h8-18,20,23H,5-7,19,21-22H2,1-4H3,(H,33,37). The quantitative estimate of drug-likeness (QED) is 0.164. The van der Waals surface area contributed by atoms with Gasteiger partial charge in [-0.3, -0.25) is 13.9 Å². The zero-order chi connectivity index (χ0) is 30.7. The van der Waals surface area contributed by atoms with Gasteiger partial charge in [0, 0.05) is 23.0 Å². The van der Waals surface area contributed by atoms with Gasteiger partial charge in [0.2, 0.25) is 11.8 Å². The molecule has 1 atom stereocenters. The number of carbonyl (C=O) groups is 2. The predicted molar refractivity (Wildman–Crippen MR) is 170 cm³/mol. The summed E-state index contributed by atoms with van der Waals surface area (Å²) in [6.45, 7) is 5.75. The van der Waals surface area contributed by atoms with Crippen LogP contribution in [0.5, 0.6) is 5.75 Å². The Kier molecular flexibility index (Phi) is 12.6. The summed E-state index contributed by atoms with van der Waals surface area (Å²) in [5, 5.41) is 3.37. The topological polar surface area (TPSA) is 96.0 Å². The average Bonchev–Trinajstić information content (AvgIpc) is 2.99. The van der Waals surface area contributed by atoms with Crippen molar-refractivity contribution in [3.05, 3.63) is 83.4 Å². The van der Waals surface area contributed by atoms with Gasteiger partial charge in [0.05, 0.1) is 17.2 Å². The molecule has 0 saturated carbocycles. The molecule has 1 N–H and O–H groups in total. The van der Waals surface area contributed by atoms with Crippen LogP contribution >= 0.6 is 23.4 Å². The first kappa shape index (κ1) is 33.3. The van der Waals surface area contributed by atoms with E-state index in [9.17, 15) is 18.0 Å². The van der Waals surface area contributed by atoms with Crippen LogP contribution in [0, 0.1) is 0 Å². The van der Waals surface area contributed by atoms with E-state index < -0.39 is 28.5 Å². The lowest BCUT2D eigenvalue weighted by atomic mass is 10.1. The highest BCUT2D eigenvalue weighted by molar-refractivity contribution is 7.98. The molecular formula is C31H38ClN3O5S2. The van der Waals surface area contributed by atoms with E-state index in [-0.39, 0.29) is 23.0 Å². The Morgan fingerprint density at radius 3 is 2.38 bits per heavy atom. The Hall–Kier alpha value is -3.21. The van der Waals surface area contributed by atoms with Gasteiger partial charge < -0.3 is 15.0 Å². The molecule has 11 heteroatoms. The van der Waals surface area contributed by atoms with Gasteiger partial charge in [-0.1, -0.05) is 49.2 Å². The minimum absolute atomic E-state index is 0.0335. The van der Waals surface area contributed by atoms with E-state index in [4.69, 9.17) is 16.3 Å². The summed E-state index contributed by atoms with van der Waals surface area (Å²) in [5.74, 6) is -0.553. The zero-order valence-electron chi connectivity index (χ0n) is 24.4. The molecule has 0 aromatic heterocycles. The molecule has 2 amide bonds. The van der Waals surface area contributed by atoms with E-state index in [0.29, 0.717) is 29.5 Å². The van der Waals surface area contributed by atoms with Crippen LogP contribution in [0.4, 0.5) is 5.69 Å². The molecule has 0 aliphatic rings. The summed E-state index contributed by atoms with van der Waals surface area (Å²) in [4.78, 5) is 29.5. The number of thioether (sulfide) groups is 1. The Bertz CT molecular complexity index is 1450. The maximum absolute atomic E-state index is 14.1. The van der Waals surface area contributed by atoms with Crippen molar-refractivity contribution in [2.24, 2.45) is 0 Å². The molecule has 1 unspecified atom stereocenters. The van der Waals surface area contributed by atoms with Crippen molar-refractivity contribution in [3.63, 3.8) is 0 Å². The summed E-state index contributed by atoms with van der Waals surface area (Å²) >= 11 is 7.70. The maximum Gasteiger partial charge on any atom is 0.264 e. The number of nitrogens with one attached hydrogen (secondary N) is 1. The van der Waals surface area contributed by atoms with E-state index >= 15 is 0 Å². The predicted octanol–water partition coefficient (Wildman–Crippen LogP) is 5.99. The van der Waals surface area contributed by atoms with Crippen molar-refractivity contribution in [1.82, 2.24) is 10.2 Å². The number of rotatable bonds is 15. The van der Waals surface area contributed by atoms with Gasteiger partial charge in [0.25, 0.3) is 10.0 Å². The van der Waals surface area contributed by atoms with Crippen LogP contribution in [-0.2, 0) is 26.2 Å². The van der Waals surface area contributed by atoms with E-state index in [2.05, 4.69) is 5.32 Å². The van der Waals surface area contributed by atoms with Crippen LogP contribution < -0.4 is 14.4 Å². The molecule has 8 nitrogen and oxygen atoms in total. The number of hydrogen-bond acceptors (Lipinski definition) is 6. The molecule has 0 radical (unpaired) electrons. The molecule has 3 aromatic carbocycles. The summed E-state index contributed by atoms with van der Waals surface area (Å²) < 4.78 is 35.1. The minimum Gasteiger partial charge on any atom is -0.492 e. The number of carbonyl (C=O) groups excluding carboxylic acids is 2. The van der Waals surface area contributed by atoms with Gasteiger partial charge in [-0.2, -0.15) is 0 Å². The number of benzene rings is 3. The van der Waals surface area contributed by atoms with Crippen LogP contribution in [0.2, 0.25) is 5.02 Å². The van der Waals surface area contributed by atoms with Crippen molar-refractivity contribution in [1.29, 1.82) is 0 Å². The fraction of sp³-hybridized carbons (Fsp3) is 0.355. The Balaban J connectivity index is 2.06. The first-order valence-corrected chi connectivity index (χ1v) is 16.9. The second-order valence-corrected chi connectivity index (χ2v) is 12.7. The molecule has 0 aliphatic heterocycles. The number of para-hydroxylation sites is 2. The maximum atomic E-state index is 14.1. The monoisotopic (exact) mass is 631 g/mol. The van der Waals surface area contributed by atoms with Crippen LogP contribution in [0.15, 0.2) is 82.6 Å². The molecule has 0 heterocycles. The number of sulfonamides is 1. The minimum atomic E-state index is -4.22. The van der Waals surface area contributed by atoms with Gasteiger partial charge in [-0.05, 0) is 80.6 Å². The zero-order valence-corrected chi connectivity index (χ0v) is 26.8. The Labute approximate surface area is 258 Å². The largest absolute Gasteiger partial charge is 0.492 e. The Morgan fingerprint density at radius 1 is 1.02 bits per heavy atom. The molecule has 0 saturated heterocycles. The molecule has 0 fully saturated rings. The molecule has 0 bridgehead atoms. The number of amides is 2. The summed E-state index contributed by atoms with van der Waals surface area (Å²) in [5.41, 5.74) is 0.935. The normalized spacial score (nSPS) is 11.9. The third-order valence-corrected chi connectivity index (χ3v) is 9.35. The number of nitrogens with zero attached hydrogens (tertiary/aromatic N) is 2. The third kappa shape index (κ3) is 8.65. The highest BCUT2D eigenvalue weighted by Gasteiger charge is 2.33. The number of hydrogen-bond donors (Lipinski definition) is 1. The van der Waals surface area contributed by atoms with E-state index in [1.165, 1.54) is 28.8 Å². The molecule has 3 rings (SSSR count). The van der Waals surface area contributed by atoms with Crippen LogP contribution in [0.3, 0.4) is 0 Å². The van der Waals surface area contributed by atoms with Gasteiger partial charge in [0.15, 0.2) is 0 Å². The lowest BCUT2D eigenvalue weighted by molar-refractivity contribution is -0.139. The first-order valence-electron chi connectivity index (χ1n) is 13.8. The van der Waals surface area contributed by atoms with Crippen molar-refractivity contribution < 1.29 is 22.7 Å². The fourth-order valence-electron chi connectivity index (χ4n) is 4.28. The first-order chi connectivity index (χ1) is 20.1. The lowest BCUT2D eigenvalue weighted by Gasteiger charge is -2.32. The molecule has 0 aliphatic carbocycles. The van der Waals surface area contributed by atoms with Gasteiger partial charge in [-0.25, -0.2) is 8.42 Å². The summed E-state index contributed by atoms with van der Waals surface area (Å²) in [7, 11) is -4.22. The summed E-state index contributed by atoms with van der Waals surface area (Å²) in [6, 6.07) is 19.3. The third-order valence-electron chi connectivity index (χ3n) is 6.60. The molecule has 226 valence electrons. The van der Waals surface area contributed by atoms with E-state index in [0.717, 1.165) is 22.0 Å². The van der Waals surface area contributed by atoms with Gasteiger partial charge in [0.1, 0.15) is 18.3 Å². The lowest BCUT2D eigenvalue weighted by Crippen LogP contribution is -2.51. The van der Waals surface area contributed by atoms with Crippen molar-refractivity contribution in [3.8, 4) is 5.75 Å². The van der Waals surface area contributed by atoms with Crippen LogP contribution in [0.1, 0.15) is 39.2 Å². The van der Waals surface area contributed by atoms with Crippen molar-refractivity contribution in [2.45, 2.75) is 56.0 Å². The number of ether oxygens (including phenoxy) is 1. The van der Waals surface area contributed by atoms with Crippen LogP contribution in [0.25, 0.3) is 0 Å². The summed E-state index contributed by atoms with van der Waals surface area (Å²) in [6.07, 6.45) is 3.61. The van der Waals surface area contributed by atoms with Gasteiger partial charge >= 0.3 is 0 Å².